The Morgan fingerprint density at radius 1 is 1.00 bits per heavy atom. The van der Waals surface area contributed by atoms with Crippen LogP contribution in [0.1, 0.15) is 42.2 Å². The number of ether oxygens (including phenoxy) is 1. The third-order valence-corrected chi connectivity index (χ3v) is 5.61. The van der Waals surface area contributed by atoms with Crippen LogP contribution in [0.3, 0.4) is 0 Å². The molecule has 1 amide bonds. The van der Waals surface area contributed by atoms with Gasteiger partial charge < -0.3 is 10.1 Å². The molecule has 4 nitrogen and oxygen atoms in total. The van der Waals surface area contributed by atoms with Gasteiger partial charge in [-0.3, -0.25) is 9.59 Å². The number of methoxy groups -OCH3 is 1. The highest BCUT2D eigenvalue weighted by Gasteiger charge is 2.38. The summed E-state index contributed by atoms with van der Waals surface area (Å²) in [4.78, 5) is 25.4. The highest BCUT2D eigenvalue weighted by Crippen LogP contribution is 2.43. The zero-order valence-electron chi connectivity index (χ0n) is 15.0. The average Bonchev–Trinajstić information content (AvgIpc) is 2.67. The maximum Gasteiger partial charge on any atom is 0.225 e. The van der Waals surface area contributed by atoms with Gasteiger partial charge in [0.05, 0.1) is 7.11 Å². The van der Waals surface area contributed by atoms with E-state index in [0.717, 1.165) is 28.1 Å². The molecule has 0 saturated heterocycles. The molecule has 2 aliphatic rings. The van der Waals surface area contributed by atoms with E-state index in [1.165, 1.54) is 0 Å². The number of amides is 1. The van der Waals surface area contributed by atoms with Gasteiger partial charge in [0, 0.05) is 35.1 Å². The Morgan fingerprint density at radius 2 is 1.78 bits per heavy atom. The van der Waals surface area contributed by atoms with Crippen molar-refractivity contribution in [2.75, 3.05) is 7.11 Å². The minimum Gasteiger partial charge on any atom is -0.497 e. The number of carbonyl (C=O) groups excluding carboxylic acids is 2. The van der Waals surface area contributed by atoms with Gasteiger partial charge in [0.2, 0.25) is 5.91 Å². The van der Waals surface area contributed by atoms with Crippen molar-refractivity contribution in [3.63, 3.8) is 0 Å². The van der Waals surface area contributed by atoms with Gasteiger partial charge in [0.25, 0.3) is 0 Å². The van der Waals surface area contributed by atoms with Gasteiger partial charge in [0.15, 0.2) is 5.78 Å². The molecule has 2 aromatic rings. The summed E-state index contributed by atoms with van der Waals surface area (Å²) in [5, 5.41) is 3.56. The van der Waals surface area contributed by atoms with E-state index in [1.54, 1.807) is 13.2 Å². The molecule has 138 valence electrons. The number of Topliss-reactive ketones (excluding diaryl/α,β-unsaturated/α-hetero) is 1. The van der Waals surface area contributed by atoms with E-state index in [-0.39, 0.29) is 29.9 Å². The van der Waals surface area contributed by atoms with Crippen LogP contribution in [0.2, 0.25) is 5.02 Å². The van der Waals surface area contributed by atoms with E-state index in [2.05, 4.69) is 5.32 Å². The normalized spacial score (nSPS) is 22.3. The largest absolute Gasteiger partial charge is 0.497 e. The molecule has 0 bridgehead atoms. The molecule has 5 heteroatoms. The van der Waals surface area contributed by atoms with Crippen LogP contribution < -0.4 is 10.1 Å². The summed E-state index contributed by atoms with van der Waals surface area (Å²) >= 11 is 6.13. The summed E-state index contributed by atoms with van der Waals surface area (Å²) in [6.07, 6.45) is 1.37. The third-order valence-electron chi connectivity index (χ3n) is 5.37. The highest BCUT2D eigenvalue weighted by atomic mass is 35.5. The fourth-order valence-corrected chi connectivity index (χ4v) is 4.28. The summed E-state index contributed by atoms with van der Waals surface area (Å²) in [7, 11) is 1.63. The van der Waals surface area contributed by atoms with Crippen molar-refractivity contribution >= 4 is 23.3 Å². The van der Waals surface area contributed by atoms with Gasteiger partial charge in [-0.05, 0) is 47.7 Å². The van der Waals surface area contributed by atoms with Crippen LogP contribution in [-0.2, 0) is 9.59 Å². The Kier molecular flexibility index (Phi) is 4.75. The molecule has 27 heavy (non-hydrogen) atoms. The third kappa shape index (κ3) is 3.50. The monoisotopic (exact) mass is 381 g/mol. The Labute approximate surface area is 163 Å². The van der Waals surface area contributed by atoms with Crippen molar-refractivity contribution < 1.29 is 14.3 Å². The fraction of sp³-hybridized carbons (Fsp3) is 0.273. The first-order valence-corrected chi connectivity index (χ1v) is 9.38. The number of allylic oxidation sites excluding steroid dienone is 2. The fourth-order valence-electron chi connectivity index (χ4n) is 4.08. The molecule has 4 rings (SSSR count). The lowest BCUT2D eigenvalue weighted by atomic mass is 9.73. The van der Waals surface area contributed by atoms with Crippen molar-refractivity contribution in [2.45, 2.75) is 31.1 Å². The summed E-state index contributed by atoms with van der Waals surface area (Å²) in [5.41, 5.74) is 3.49. The zero-order valence-corrected chi connectivity index (χ0v) is 15.8. The number of nitrogens with one attached hydrogen (secondary N) is 1. The number of halogens is 1. The molecule has 2 atom stereocenters. The second kappa shape index (κ2) is 7.20. The predicted octanol–water partition coefficient (Wildman–Crippen LogP) is 4.35. The van der Waals surface area contributed by atoms with E-state index in [9.17, 15) is 9.59 Å². The van der Waals surface area contributed by atoms with Gasteiger partial charge in [-0.15, -0.1) is 0 Å². The number of carbonyl (C=O) groups is 2. The predicted molar refractivity (Wildman–Crippen MR) is 104 cm³/mol. The highest BCUT2D eigenvalue weighted by molar-refractivity contribution is 6.30. The first kappa shape index (κ1) is 17.8. The smallest absolute Gasteiger partial charge is 0.225 e. The first-order chi connectivity index (χ1) is 13.0. The van der Waals surface area contributed by atoms with E-state index in [4.69, 9.17) is 16.3 Å². The van der Waals surface area contributed by atoms with Gasteiger partial charge in [-0.1, -0.05) is 35.9 Å². The van der Waals surface area contributed by atoms with Crippen LogP contribution in [0.4, 0.5) is 0 Å². The maximum absolute atomic E-state index is 13.0. The molecule has 1 aliphatic carbocycles. The van der Waals surface area contributed by atoms with E-state index in [0.29, 0.717) is 17.9 Å². The lowest BCUT2D eigenvalue weighted by molar-refractivity contribution is -0.122. The van der Waals surface area contributed by atoms with Crippen LogP contribution in [0.15, 0.2) is 59.8 Å². The van der Waals surface area contributed by atoms with Crippen LogP contribution in [0.25, 0.3) is 0 Å². The topological polar surface area (TPSA) is 55.4 Å². The van der Waals surface area contributed by atoms with Crippen molar-refractivity contribution in [3.05, 3.63) is 76.0 Å². The maximum atomic E-state index is 13.0. The summed E-state index contributed by atoms with van der Waals surface area (Å²) in [5.74, 6) is 0.661. The molecular weight excluding hydrogens is 362 g/mol. The summed E-state index contributed by atoms with van der Waals surface area (Å²) in [6.45, 7) is 0. The van der Waals surface area contributed by atoms with E-state index >= 15 is 0 Å². The van der Waals surface area contributed by atoms with Gasteiger partial charge in [-0.2, -0.15) is 0 Å². The molecule has 1 aliphatic heterocycles. The van der Waals surface area contributed by atoms with Gasteiger partial charge in [0.1, 0.15) is 5.75 Å². The second-order valence-corrected chi connectivity index (χ2v) is 7.49. The van der Waals surface area contributed by atoms with Crippen molar-refractivity contribution in [3.8, 4) is 5.75 Å². The number of ketones is 1. The van der Waals surface area contributed by atoms with E-state index < -0.39 is 0 Å². The lowest BCUT2D eigenvalue weighted by Gasteiger charge is -2.34. The van der Waals surface area contributed by atoms with Crippen LogP contribution in [0, 0.1) is 0 Å². The minimum absolute atomic E-state index is 0.0538. The summed E-state index contributed by atoms with van der Waals surface area (Å²) < 4.78 is 5.21. The van der Waals surface area contributed by atoms with Crippen molar-refractivity contribution in [1.29, 1.82) is 0 Å². The standard InChI is InChI=1S/C22H20ClNO3/c1-27-17-7-5-13(6-8-17)15-10-19-22(20(25)11-15)18(12-21(26)24-19)14-3-2-4-16(23)9-14/h2-9,15,18H,10-12H2,1H3,(H,24,26)/t15-,18+/m0/s1. The minimum atomic E-state index is -0.225. The molecule has 0 unspecified atom stereocenters. The van der Waals surface area contributed by atoms with E-state index in [1.807, 2.05) is 42.5 Å². The molecule has 0 spiro atoms. The zero-order chi connectivity index (χ0) is 19.0. The lowest BCUT2D eigenvalue weighted by Crippen LogP contribution is -2.38. The van der Waals surface area contributed by atoms with Crippen LogP contribution >= 0.6 is 11.6 Å². The average molecular weight is 382 g/mol. The second-order valence-electron chi connectivity index (χ2n) is 7.05. The van der Waals surface area contributed by atoms with Crippen LogP contribution in [0.5, 0.6) is 5.75 Å². The number of benzene rings is 2. The van der Waals surface area contributed by atoms with Gasteiger partial charge >= 0.3 is 0 Å². The van der Waals surface area contributed by atoms with Crippen LogP contribution in [-0.4, -0.2) is 18.8 Å². The number of hydrogen-bond donors (Lipinski definition) is 1. The quantitative estimate of drug-likeness (QED) is 0.859. The SMILES string of the molecule is COc1ccc([C@@H]2CC(=O)C3=C(C2)NC(=O)C[C@@H]3c2cccc(Cl)c2)cc1. The van der Waals surface area contributed by atoms with Crippen molar-refractivity contribution in [1.82, 2.24) is 5.32 Å². The van der Waals surface area contributed by atoms with Crippen molar-refractivity contribution in [2.24, 2.45) is 0 Å². The van der Waals surface area contributed by atoms with Gasteiger partial charge in [-0.25, -0.2) is 0 Å². The number of hydrogen-bond acceptors (Lipinski definition) is 3. The molecule has 0 fully saturated rings. The Balaban J connectivity index is 1.68. The molecule has 0 saturated carbocycles. The Morgan fingerprint density at radius 3 is 2.48 bits per heavy atom. The Bertz CT molecular complexity index is 933. The number of rotatable bonds is 3. The Hall–Kier alpha value is -2.59. The first-order valence-electron chi connectivity index (χ1n) is 9.00. The molecule has 2 aromatic carbocycles. The summed E-state index contributed by atoms with van der Waals surface area (Å²) in [6, 6.07) is 15.2. The molecular formula is C22H20ClNO3. The molecule has 1 N–H and O–H groups in total. The molecule has 0 radical (unpaired) electrons. The molecule has 1 heterocycles. The molecule has 0 aromatic heterocycles.